The predicted octanol–water partition coefficient (Wildman–Crippen LogP) is 4.44. The van der Waals surface area contributed by atoms with Crippen LogP contribution in [0.25, 0.3) is 0 Å². The summed E-state index contributed by atoms with van der Waals surface area (Å²) in [5, 5.41) is 3.51. The van der Waals surface area contributed by atoms with Crippen molar-refractivity contribution in [2.24, 2.45) is 0 Å². The predicted molar refractivity (Wildman–Crippen MR) is 71.5 cm³/mol. The molecule has 1 unspecified atom stereocenters. The molecule has 0 saturated heterocycles. The molecule has 1 atom stereocenters. The zero-order chi connectivity index (χ0) is 11.8. The van der Waals surface area contributed by atoms with Crippen molar-refractivity contribution in [3.63, 3.8) is 0 Å². The largest absolute Gasteiger partial charge is 0.453 e. The lowest BCUT2D eigenvalue weighted by atomic mass is 10.1. The molecule has 0 aliphatic carbocycles. The molecule has 1 rings (SSSR count). The zero-order valence-corrected chi connectivity index (χ0v) is 11.4. The molecule has 2 nitrogen and oxygen atoms in total. The first kappa shape index (κ1) is 13.5. The first-order chi connectivity index (χ1) is 7.77. The van der Waals surface area contributed by atoms with E-state index in [1.165, 1.54) is 0 Å². The molecule has 16 heavy (non-hydrogen) atoms. The molecule has 0 aromatic carbocycles. The third kappa shape index (κ3) is 4.54. The van der Waals surface area contributed by atoms with Crippen LogP contribution in [0.5, 0.6) is 0 Å². The Bertz CT molecular complexity index is 309. The average molecular weight is 286 g/mol. The number of nitrogens with one attached hydrogen (secondary N) is 1. The summed E-state index contributed by atoms with van der Waals surface area (Å²) in [4.78, 5) is 0. The standard InChI is InChI=1S/C13H20BrNO/c1-3-5-6-7-11(15-10-4-2)12-8-9-13(14)16-12/h3,8-9,11,15H,1,4-7,10H2,2H3. The fraction of sp³-hybridized carbons (Fsp3) is 0.538. The van der Waals surface area contributed by atoms with Crippen molar-refractivity contribution in [3.05, 3.63) is 35.2 Å². The molecule has 0 fully saturated rings. The van der Waals surface area contributed by atoms with Crippen LogP contribution in [0.1, 0.15) is 44.4 Å². The molecule has 1 N–H and O–H groups in total. The van der Waals surface area contributed by atoms with Crippen LogP contribution < -0.4 is 5.32 Å². The lowest BCUT2D eigenvalue weighted by molar-refractivity contribution is 0.381. The Morgan fingerprint density at radius 3 is 2.94 bits per heavy atom. The highest BCUT2D eigenvalue weighted by molar-refractivity contribution is 9.10. The molecule has 90 valence electrons. The van der Waals surface area contributed by atoms with Crippen LogP contribution in [0.15, 0.2) is 33.9 Å². The topological polar surface area (TPSA) is 25.2 Å². The summed E-state index contributed by atoms with van der Waals surface area (Å²) in [6, 6.07) is 4.31. The second-order valence-corrected chi connectivity index (χ2v) is 4.65. The molecule has 0 saturated carbocycles. The summed E-state index contributed by atoms with van der Waals surface area (Å²) >= 11 is 3.34. The Morgan fingerprint density at radius 1 is 1.56 bits per heavy atom. The average Bonchev–Trinajstić information content (AvgIpc) is 2.70. The molecule has 0 aliphatic heterocycles. The summed E-state index contributed by atoms with van der Waals surface area (Å²) < 4.78 is 6.40. The summed E-state index contributed by atoms with van der Waals surface area (Å²) in [5.74, 6) is 1.02. The van der Waals surface area contributed by atoms with Gasteiger partial charge in [-0.1, -0.05) is 13.0 Å². The molecule has 1 aromatic heterocycles. The third-order valence-corrected chi connectivity index (χ3v) is 2.91. The van der Waals surface area contributed by atoms with Gasteiger partial charge in [-0.15, -0.1) is 6.58 Å². The van der Waals surface area contributed by atoms with Gasteiger partial charge in [0.2, 0.25) is 0 Å². The molecule has 1 heterocycles. The van der Waals surface area contributed by atoms with E-state index in [2.05, 4.69) is 34.7 Å². The Balaban J connectivity index is 2.52. The van der Waals surface area contributed by atoms with Gasteiger partial charge in [0.25, 0.3) is 0 Å². The van der Waals surface area contributed by atoms with E-state index in [0.717, 1.165) is 42.7 Å². The number of unbranched alkanes of at least 4 members (excludes halogenated alkanes) is 1. The van der Waals surface area contributed by atoms with Gasteiger partial charge in [-0.25, -0.2) is 0 Å². The van der Waals surface area contributed by atoms with Crippen molar-refractivity contribution in [2.45, 2.75) is 38.6 Å². The fourth-order valence-electron chi connectivity index (χ4n) is 1.65. The molecule has 3 heteroatoms. The normalized spacial score (nSPS) is 12.6. The summed E-state index contributed by atoms with van der Waals surface area (Å²) in [7, 11) is 0. The van der Waals surface area contributed by atoms with E-state index in [1.807, 2.05) is 18.2 Å². The number of hydrogen-bond acceptors (Lipinski definition) is 2. The number of furan rings is 1. The highest BCUT2D eigenvalue weighted by Crippen LogP contribution is 2.24. The highest BCUT2D eigenvalue weighted by atomic mass is 79.9. The molecule has 1 aromatic rings. The lowest BCUT2D eigenvalue weighted by Crippen LogP contribution is -2.21. The van der Waals surface area contributed by atoms with Gasteiger partial charge in [0.1, 0.15) is 5.76 Å². The van der Waals surface area contributed by atoms with E-state index in [-0.39, 0.29) is 0 Å². The third-order valence-electron chi connectivity index (χ3n) is 2.48. The van der Waals surface area contributed by atoms with E-state index in [4.69, 9.17) is 4.42 Å². The van der Waals surface area contributed by atoms with Gasteiger partial charge in [-0.2, -0.15) is 0 Å². The maximum atomic E-state index is 5.60. The second kappa shape index (κ2) is 7.69. The molecule has 0 aliphatic rings. The van der Waals surface area contributed by atoms with Gasteiger partial charge in [-0.3, -0.25) is 0 Å². The maximum absolute atomic E-state index is 5.60. The van der Waals surface area contributed by atoms with E-state index >= 15 is 0 Å². The van der Waals surface area contributed by atoms with Crippen molar-refractivity contribution in [3.8, 4) is 0 Å². The minimum Gasteiger partial charge on any atom is -0.453 e. The van der Waals surface area contributed by atoms with Crippen molar-refractivity contribution in [1.29, 1.82) is 0 Å². The van der Waals surface area contributed by atoms with Gasteiger partial charge in [0, 0.05) is 0 Å². The van der Waals surface area contributed by atoms with Crippen molar-refractivity contribution in [2.75, 3.05) is 6.54 Å². The minimum absolute atomic E-state index is 0.325. The Morgan fingerprint density at radius 2 is 2.38 bits per heavy atom. The number of allylic oxidation sites excluding steroid dienone is 1. The first-order valence-electron chi connectivity index (χ1n) is 5.87. The monoisotopic (exact) mass is 285 g/mol. The van der Waals surface area contributed by atoms with Crippen LogP contribution in [-0.2, 0) is 0 Å². The van der Waals surface area contributed by atoms with E-state index in [1.54, 1.807) is 0 Å². The molecular formula is C13H20BrNO. The quantitative estimate of drug-likeness (QED) is 0.564. The fourth-order valence-corrected chi connectivity index (χ4v) is 1.96. The molecule has 0 amide bonds. The van der Waals surface area contributed by atoms with Crippen LogP contribution in [0.2, 0.25) is 0 Å². The Labute approximate surface area is 106 Å². The smallest absolute Gasteiger partial charge is 0.169 e. The summed E-state index contributed by atoms with van der Waals surface area (Å²) in [6.07, 6.45) is 6.40. The van der Waals surface area contributed by atoms with Crippen molar-refractivity contribution < 1.29 is 4.42 Å². The summed E-state index contributed by atoms with van der Waals surface area (Å²) in [5.41, 5.74) is 0. The van der Waals surface area contributed by atoms with Gasteiger partial charge in [-0.05, 0) is 60.3 Å². The second-order valence-electron chi connectivity index (χ2n) is 3.87. The molecule has 0 radical (unpaired) electrons. The number of rotatable bonds is 8. The van der Waals surface area contributed by atoms with E-state index in [0.29, 0.717) is 6.04 Å². The number of hydrogen-bond donors (Lipinski definition) is 1. The van der Waals surface area contributed by atoms with Gasteiger partial charge in [0.05, 0.1) is 6.04 Å². The van der Waals surface area contributed by atoms with Crippen LogP contribution in [0.4, 0.5) is 0 Å². The van der Waals surface area contributed by atoms with Crippen LogP contribution in [-0.4, -0.2) is 6.54 Å². The van der Waals surface area contributed by atoms with Crippen LogP contribution >= 0.6 is 15.9 Å². The Kier molecular flexibility index (Phi) is 6.50. The van der Waals surface area contributed by atoms with Crippen molar-refractivity contribution in [1.82, 2.24) is 5.32 Å². The lowest BCUT2D eigenvalue weighted by Gasteiger charge is -2.15. The SMILES string of the molecule is C=CCCCC(NCCC)c1ccc(Br)o1. The molecular weight excluding hydrogens is 266 g/mol. The molecule has 0 bridgehead atoms. The van der Waals surface area contributed by atoms with Gasteiger partial charge >= 0.3 is 0 Å². The summed E-state index contributed by atoms with van der Waals surface area (Å²) in [6.45, 7) is 6.94. The minimum atomic E-state index is 0.325. The molecule has 0 spiro atoms. The van der Waals surface area contributed by atoms with E-state index < -0.39 is 0 Å². The van der Waals surface area contributed by atoms with E-state index in [9.17, 15) is 0 Å². The zero-order valence-electron chi connectivity index (χ0n) is 9.84. The maximum Gasteiger partial charge on any atom is 0.169 e. The first-order valence-corrected chi connectivity index (χ1v) is 6.66. The van der Waals surface area contributed by atoms with Gasteiger partial charge in [0.15, 0.2) is 4.67 Å². The number of halogens is 1. The Hall–Kier alpha value is -0.540. The van der Waals surface area contributed by atoms with Crippen molar-refractivity contribution >= 4 is 15.9 Å². The van der Waals surface area contributed by atoms with Gasteiger partial charge < -0.3 is 9.73 Å². The van der Waals surface area contributed by atoms with Crippen LogP contribution in [0.3, 0.4) is 0 Å². The highest BCUT2D eigenvalue weighted by Gasteiger charge is 2.13. The van der Waals surface area contributed by atoms with Crippen LogP contribution in [0, 0.1) is 0 Å².